The summed E-state index contributed by atoms with van der Waals surface area (Å²) in [5, 5.41) is 3.64. The lowest BCUT2D eigenvalue weighted by molar-refractivity contribution is 0.117. The van der Waals surface area contributed by atoms with Crippen molar-refractivity contribution in [3.8, 4) is 0 Å². The molecule has 1 aliphatic heterocycles. The van der Waals surface area contributed by atoms with Crippen molar-refractivity contribution in [2.75, 3.05) is 13.1 Å². The van der Waals surface area contributed by atoms with Crippen LogP contribution in [0.2, 0.25) is 0 Å². The van der Waals surface area contributed by atoms with Crippen molar-refractivity contribution >= 4 is 0 Å². The molecule has 0 radical (unpaired) electrons. The van der Waals surface area contributed by atoms with E-state index in [0.717, 1.165) is 5.92 Å². The van der Waals surface area contributed by atoms with Crippen LogP contribution in [-0.4, -0.2) is 13.1 Å². The molecule has 1 heterocycles. The smallest absolute Gasteiger partial charge is 0.00255 e. The van der Waals surface area contributed by atoms with Crippen molar-refractivity contribution < 1.29 is 0 Å². The van der Waals surface area contributed by atoms with E-state index in [1.54, 1.807) is 5.56 Å². The third-order valence-electron chi connectivity index (χ3n) is 5.44. The minimum atomic E-state index is 0.590. The molecular weight excluding hydrogens is 230 g/mol. The van der Waals surface area contributed by atoms with Crippen molar-refractivity contribution in [3.05, 3.63) is 35.9 Å². The van der Waals surface area contributed by atoms with Gasteiger partial charge in [0, 0.05) is 12.5 Å². The fourth-order valence-electron chi connectivity index (χ4n) is 4.34. The monoisotopic (exact) mass is 257 g/mol. The Balaban J connectivity index is 1.86. The van der Waals surface area contributed by atoms with Gasteiger partial charge in [0.15, 0.2) is 0 Å². The van der Waals surface area contributed by atoms with Crippen molar-refractivity contribution in [3.63, 3.8) is 0 Å². The summed E-state index contributed by atoms with van der Waals surface area (Å²) in [5.41, 5.74) is 2.16. The summed E-state index contributed by atoms with van der Waals surface area (Å²) < 4.78 is 0. The summed E-state index contributed by atoms with van der Waals surface area (Å²) in [6, 6.07) is 11.3. The van der Waals surface area contributed by atoms with Crippen LogP contribution in [0.15, 0.2) is 30.3 Å². The summed E-state index contributed by atoms with van der Waals surface area (Å²) >= 11 is 0. The molecule has 1 heteroatoms. The highest BCUT2D eigenvalue weighted by Gasteiger charge is 2.40. The molecule has 0 bridgehead atoms. The topological polar surface area (TPSA) is 12.0 Å². The molecule has 1 nitrogen and oxygen atoms in total. The summed E-state index contributed by atoms with van der Waals surface area (Å²) in [4.78, 5) is 0. The largest absolute Gasteiger partial charge is 0.316 e. The lowest BCUT2D eigenvalue weighted by atomic mass is 9.62. The Morgan fingerprint density at radius 2 is 1.53 bits per heavy atom. The fraction of sp³-hybridized carbons (Fsp3) is 0.667. The standard InChI is InChI=1S/C18H27N/c1-2-7-11-18(12-8-3-1)13-14-19-15-17(18)16-9-5-4-6-10-16/h4-6,9-10,17,19H,1-3,7-8,11-15H2. The van der Waals surface area contributed by atoms with Gasteiger partial charge >= 0.3 is 0 Å². The van der Waals surface area contributed by atoms with Crippen LogP contribution in [0.3, 0.4) is 0 Å². The molecule has 1 N–H and O–H groups in total. The van der Waals surface area contributed by atoms with Gasteiger partial charge in [0.1, 0.15) is 0 Å². The van der Waals surface area contributed by atoms with E-state index in [2.05, 4.69) is 35.6 Å². The van der Waals surface area contributed by atoms with E-state index in [0.29, 0.717) is 5.41 Å². The lowest BCUT2D eigenvalue weighted by Gasteiger charge is -2.46. The molecule has 1 aromatic rings. The molecule has 1 spiro atoms. The van der Waals surface area contributed by atoms with Crippen molar-refractivity contribution in [1.29, 1.82) is 0 Å². The average Bonchev–Trinajstić information content (AvgIpc) is 2.45. The Kier molecular flexibility index (Phi) is 4.22. The molecule has 19 heavy (non-hydrogen) atoms. The molecule has 1 aliphatic carbocycles. The molecular formula is C18H27N. The van der Waals surface area contributed by atoms with Crippen LogP contribution in [-0.2, 0) is 0 Å². The van der Waals surface area contributed by atoms with E-state index >= 15 is 0 Å². The Bertz CT molecular complexity index is 376. The van der Waals surface area contributed by atoms with Gasteiger partial charge in [-0.25, -0.2) is 0 Å². The molecule has 3 rings (SSSR count). The second-order valence-corrected chi connectivity index (χ2v) is 6.55. The van der Waals surface area contributed by atoms with Gasteiger partial charge in [-0.3, -0.25) is 0 Å². The number of benzene rings is 1. The van der Waals surface area contributed by atoms with Crippen LogP contribution in [0.5, 0.6) is 0 Å². The van der Waals surface area contributed by atoms with Crippen molar-refractivity contribution in [1.82, 2.24) is 5.32 Å². The zero-order valence-electron chi connectivity index (χ0n) is 12.0. The van der Waals surface area contributed by atoms with Gasteiger partial charge in [-0.1, -0.05) is 62.4 Å². The maximum absolute atomic E-state index is 3.64. The van der Waals surface area contributed by atoms with Crippen LogP contribution in [0.25, 0.3) is 0 Å². The van der Waals surface area contributed by atoms with Crippen LogP contribution in [0.4, 0.5) is 0 Å². The second kappa shape index (κ2) is 6.09. The molecule has 2 fully saturated rings. The minimum absolute atomic E-state index is 0.590. The van der Waals surface area contributed by atoms with Crippen LogP contribution >= 0.6 is 0 Å². The quantitative estimate of drug-likeness (QED) is 0.781. The Labute approximate surface area is 117 Å². The first-order valence-corrected chi connectivity index (χ1v) is 8.16. The normalized spacial score (nSPS) is 27.7. The highest BCUT2D eigenvalue weighted by Crippen LogP contribution is 2.49. The molecule has 2 aliphatic rings. The highest BCUT2D eigenvalue weighted by molar-refractivity contribution is 5.24. The zero-order chi connectivity index (χ0) is 13.0. The van der Waals surface area contributed by atoms with Gasteiger partial charge in [0.2, 0.25) is 0 Å². The minimum Gasteiger partial charge on any atom is -0.316 e. The number of hydrogen-bond acceptors (Lipinski definition) is 1. The Hall–Kier alpha value is -0.820. The van der Waals surface area contributed by atoms with Crippen LogP contribution in [0, 0.1) is 5.41 Å². The van der Waals surface area contributed by atoms with Crippen molar-refractivity contribution in [2.45, 2.75) is 57.3 Å². The van der Waals surface area contributed by atoms with E-state index in [9.17, 15) is 0 Å². The van der Waals surface area contributed by atoms with E-state index in [1.807, 2.05) is 0 Å². The number of rotatable bonds is 1. The molecule has 104 valence electrons. The summed E-state index contributed by atoms with van der Waals surface area (Å²) in [6.45, 7) is 2.41. The first kappa shape index (κ1) is 13.2. The molecule has 1 unspecified atom stereocenters. The third kappa shape index (κ3) is 2.86. The maximum Gasteiger partial charge on any atom is 0.00255 e. The summed E-state index contributed by atoms with van der Waals surface area (Å²) in [5.74, 6) is 0.737. The molecule has 0 amide bonds. The van der Waals surface area contributed by atoms with E-state index in [4.69, 9.17) is 0 Å². The van der Waals surface area contributed by atoms with Crippen LogP contribution in [0.1, 0.15) is 62.8 Å². The predicted octanol–water partition coefficient (Wildman–Crippen LogP) is 4.49. The van der Waals surface area contributed by atoms with E-state index in [1.165, 1.54) is 64.5 Å². The molecule has 0 aromatic heterocycles. The van der Waals surface area contributed by atoms with Gasteiger partial charge in [0.05, 0.1) is 0 Å². The summed E-state index contributed by atoms with van der Waals surface area (Å²) in [7, 11) is 0. The van der Waals surface area contributed by atoms with Gasteiger partial charge in [-0.15, -0.1) is 0 Å². The molecule has 1 aromatic carbocycles. The number of hydrogen-bond donors (Lipinski definition) is 1. The SMILES string of the molecule is c1ccc(C2CNCCC23CCCCCCC3)cc1. The Morgan fingerprint density at radius 3 is 2.26 bits per heavy atom. The highest BCUT2D eigenvalue weighted by atomic mass is 14.9. The van der Waals surface area contributed by atoms with Gasteiger partial charge in [-0.05, 0) is 36.8 Å². The third-order valence-corrected chi connectivity index (χ3v) is 5.44. The lowest BCUT2D eigenvalue weighted by Crippen LogP contribution is -2.44. The predicted molar refractivity (Wildman–Crippen MR) is 81.4 cm³/mol. The molecule has 1 saturated carbocycles. The summed E-state index contributed by atoms with van der Waals surface area (Å²) in [6.07, 6.45) is 11.6. The first-order chi connectivity index (χ1) is 9.41. The van der Waals surface area contributed by atoms with Crippen LogP contribution < -0.4 is 5.32 Å². The van der Waals surface area contributed by atoms with E-state index < -0.39 is 0 Å². The molecule has 1 saturated heterocycles. The zero-order valence-corrected chi connectivity index (χ0v) is 12.0. The number of nitrogens with one attached hydrogen (secondary N) is 1. The van der Waals surface area contributed by atoms with Gasteiger partial charge < -0.3 is 5.32 Å². The van der Waals surface area contributed by atoms with E-state index in [-0.39, 0.29) is 0 Å². The van der Waals surface area contributed by atoms with Crippen molar-refractivity contribution in [2.24, 2.45) is 5.41 Å². The fourth-order valence-corrected chi connectivity index (χ4v) is 4.34. The Morgan fingerprint density at radius 1 is 0.842 bits per heavy atom. The number of piperidine rings is 1. The molecule has 1 atom stereocenters. The second-order valence-electron chi connectivity index (χ2n) is 6.55. The van der Waals surface area contributed by atoms with Gasteiger partial charge in [0.25, 0.3) is 0 Å². The maximum atomic E-state index is 3.64. The average molecular weight is 257 g/mol. The van der Waals surface area contributed by atoms with Gasteiger partial charge in [-0.2, -0.15) is 0 Å². The first-order valence-electron chi connectivity index (χ1n) is 8.16.